The average Bonchev–Trinajstić information content (AvgIpc) is 2.94. The Balaban J connectivity index is 1.54. The van der Waals surface area contributed by atoms with Crippen molar-refractivity contribution in [2.45, 2.75) is 19.3 Å². The summed E-state index contributed by atoms with van der Waals surface area (Å²) in [6, 6.07) is 7.14. The summed E-state index contributed by atoms with van der Waals surface area (Å²) in [6.45, 7) is 3.33. The molecule has 0 saturated carbocycles. The highest BCUT2D eigenvalue weighted by atomic mass is 35.5. The van der Waals surface area contributed by atoms with Crippen molar-refractivity contribution in [2.24, 2.45) is 5.92 Å². The molecule has 0 spiro atoms. The third kappa shape index (κ3) is 5.39. The Kier molecular flexibility index (Phi) is 6.15. The standard InChI is InChI=1S/C15H21ClN2O2/c16-13-1-3-14(4-2-13)20-10-7-15(19)18-9-6-12-5-8-17-11-12/h1-4,12,17H,5-11H2,(H,18,19). The molecule has 2 rings (SSSR count). The summed E-state index contributed by atoms with van der Waals surface area (Å²) in [5, 5.41) is 6.94. The smallest absolute Gasteiger partial charge is 0.223 e. The maximum absolute atomic E-state index is 11.6. The van der Waals surface area contributed by atoms with Crippen LogP contribution in [0, 0.1) is 5.92 Å². The first kappa shape index (κ1) is 15.1. The fourth-order valence-electron chi connectivity index (χ4n) is 2.26. The van der Waals surface area contributed by atoms with Crippen LogP contribution in [0.3, 0.4) is 0 Å². The van der Waals surface area contributed by atoms with Crippen LogP contribution in [0.1, 0.15) is 19.3 Å². The van der Waals surface area contributed by atoms with Crippen molar-refractivity contribution in [1.29, 1.82) is 0 Å². The minimum atomic E-state index is 0.0462. The van der Waals surface area contributed by atoms with E-state index >= 15 is 0 Å². The maximum atomic E-state index is 11.6. The van der Waals surface area contributed by atoms with Crippen molar-refractivity contribution in [3.05, 3.63) is 29.3 Å². The Morgan fingerprint density at radius 1 is 1.40 bits per heavy atom. The van der Waals surface area contributed by atoms with Crippen LogP contribution in [-0.2, 0) is 4.79 Å². The van der Waals surface area contributed by atoms with Crippen LogP contribution in [0.5, 0.6) is 5.75 Å². The van der Waals surface area contributed by atoms with E-state index in [4.69, 9.17) is 16.3 Å². The molecule has 1 aliphatic heterocycles. The predicted octanol–water partition coefficient (Wildman–Crippen LogP) is 2.22. The van der Waals surface area contributed by atoms with E-state index in [1.807, 2.05) is 0 Å². The predicted molar refractivity (Wildman–Crippen MR) is 80.2 cm³/mol. The molecule has 1 atom stereocenters. The van der Waals surface area contributed by atoms with E-state index in [1.54, 1.807) is 24.3 Å². The zero-order chi connectivity index (χ0) is 14.2. The first-order chi connectivity index (χ1) is 9.74. The van der Waals surface area contributed by atoms with Crippen molar-refractivity contribution < 1.29 is 9.53 Å². The number of ether oxygens (including phenoxy) is 1. The monoisotopic (exact) mass is 296 g/mol. The number of hydrogen-bond acceptors (Lipinski definition) is 3. The lowest BCUT2D eigenvalue weighted by Crippen LogP contribution is -2.27. The Hall–Kier alpha value is -1.26. The highest BCUT2D eigenvalue weighted by Crippen LogP contribution is 2.15. The molecule has 1 saturated heterocycles. The fourth-order valence-corrected chi connectivity index (χ4v) is 2.38. The third-order valence-corrected chi connectivity index (χ3v) is 3.70. The van der Waals surface area contributed by atoms with Gasteiger partial charge in [-0.05, 0) is 56.1 Å². The highest BCUT2D eigenvalue weighted by molar-refractivity contribution is 6.30. The number of hydrogen-bond donors (Lipinski definition) is 2. The lowest BCUT2D eigenvalue weighted by molar-refractivity contribution is -0.121. The minimum Gasteiger partial charge on any atom is -0.493 e. The third-order valence-electron chi connectivity index (χ3n) is 3.45. The Morgan fingerprint density at radius 2 is 2.20 bits per heavy atom. The number of benzene rings is 1. The molecule has 1 aromatic carbocycles. The lowest BCUT2D eigenvalue weighted by Gasteiger charge is -2.10. The molecule has 1 fully saturated rings. The summed E-state index contributed by atoms with van der Waals surface area (Å²) in [6.07, 6.45) is 2.65. The molecule has 0 radical (unpaired) electrons. The van der Waals surface area contributed by atoms with E-state index in [0.29, 0.717) is 24.0 Å². The second kappa shape index (κ2) is 8.12. The SMILES string of the molecule is O=C(CCOc1ccc(Cl)cc1)NCCC1CCNC1. The molecule has 110 valence electrons. The molecule has 0 aliphatic carbocycles. The van der Waals surface area contributed by atoms with Crippen LogP contribution in [0.25, 0.3) is 0 Å². The zero-order valence-electron chi connectivity index (χ0n) is 11.5. The lowest BCUT2D eigenvalue weighted by atomic mass is 10.1. The Labute approximate surface area is 124 Å². The summed E-state index contributed by atoms with van der Waals surface area (Å²) in [7, 11) is 0. The van der Waals surface area contributed by atoms with Crippen LogP contribution in [-0.4, -0.2) is 32.1 Å². The van der Waals surface area contributed by atoms with Crippen molar-refractivity contribution in [2.75, 3.05) is 26.2 Å². The maximum Gasteiger partial charge on any atom is 0.223 e. The number of carbonyl (C=O) groups excluding carboxylic acids is 1. The molecular weight excluding hydrogens is 276 g/mol. The van der Waals surface area contributed by atoms with Gasteiger partial charge >= 0.3 is 0 Å². The van der Waals surface area contributed by atoms with Gasteiger partial charge in [-0.15, -0.1) is 0 Å². The van der Waals surface area contributed by atoms with Crippen LogP contribution in [0.2, 0.25) is 5.02 Å². The van der Waals surface area contributed by atoms with Crippen molar-refractivity contribution in [1.82, 2.24) is 10.6 Å². The van der Waals surface area contributed by atoms with E-state index in [0.717, 1.165) is 31.8 Å². The zero-order valence-corrected chi connectivity index (χ0v) is 12.3. The van der Waals surface area contributed by atoms with Crippen molar-refractivity contribution >= 4 is 17.5 Å². The molecule has 1 unspecified atom stereocenters. The van der Waals surface area contributed by atoms with Gasteiger partial charge in [-0.3, -0.25) is 4.79 Å². The van der Waals surface area contributed by atoms with E-state index in [9.17, 15) is 4.79 Å². The average molecular weight is 297 g/mol. The largest absolute Gasteiger partial charge is 0.493 e. The van der Waals surface area contributed by atoms with Gasteiger partial charge in [-0.25, -0.2) is 0 Å². The topological polar surface area (TPSA) is 50.4 Å². The van der Waals surface area contributed by atoms with Gasteiger partial charge in [0.1, 0.15) is 5.75 Å². The molecule has 4 nitrogen and oxygen atoms in total. The second-order valence-electron chi connectivity index (χ2n) is 5.05. The normalized spacial score (nSPS) is 17.9. The first-order valence-corrected chi connectivity index (χ1v) is 7.47. The Morgan fingerprint density at radius 3 is 2.90 bits per heavy atom. The molecular formula is C15H21ClN2O2. The molecule has 0 bridgehead atoms. The van der Waals surface area contributed by atoms with Gasteiger partial charge in [0.2, 0.25) is 5.91 Å². The van der Waals surface area contributed by atoms with E-state index < -0.39 is 0 Å². The quantitative estimate of drug-likeness (QED) is 0.811. The van der Waals surface area contributed by atoms with Crippen molar-refractivity contribution in [3.63, 3.8) is 0 Å². The van der Waals surface area contributed by atoms with Gasteiger partial charge in [0, 0.05) is 11.6 Å². The summed E-state index contributed by atoms with van der Waals surface area (Å²) >= 11 is 5.78. The van der Waals surface area contributed by atoms with Gasteiger partial charge in [0.25, 0.3) is 0 Å². The number of amides is 1. The van der Waals surface area contributed by atoms with Gasteiger partial charge in [0.15, 0.2) is 0 Å². The first-order valence-electron chi connectivity index (χ1n) is 7.10. The molecule has 0 aromatic heterocycles. The van der Waals surface area contributed by atoms with Gasteiger partial charge in [-0.2, -0.15) is 0 Å². The molecule has 1 heterocycles. The summed E-state index contributed by atoms with van der Waals surface area (Å²) in [5.41, 5.74) is 0. The molecule has 20 heavy (non-hydrogen) atoms. The molecule has 5 heteroatoms. The highest BCUT2D eigenvalue weighted by Gasteiger charge is 2.13. The summed E-state index contributed by atoms with van der Waals surface area (Å²) in [5.74, 6) is 1.49. The van der Waals surface area contributed by atoms with E-state index in [2.05, 4.69) is 10.6 Å². The number of nitrogens with one attached hydrogen (secondary N) is 2. The summed E-state index contributed by atoms with van der Waals surface area (Å²) < 4.78 is 5.48. The minimum absolute atomic E-state index is 0.0462. The fraction of sp³-hybridized carbons (Fsp3) is 0.533. The van der Waals surface area contributed by atoms with Crippen LogP contribution in [0.4, 0.5) is 0 Å². The molecule has 1 amide bonds. The van der Waals surface area contributed by atoms with Gasteiger partial charge in [-0.1, -0.05) is 11.6 Å². The van der Waals surface area contributed by atoms with Gasteiger partial charge < -0.3 is 15.4 Å². The van der Waals surface area contributed by atoms with E-state index in [-0.39, 0.29) is 5.91 Å². The van der Waals surface area contributed by atoms with Crippen LogP contribution in [0.15, 0.2) is 24.3 Å². The number of rotatable bonds is 7. The second-order valence-corrected chi connectivity index (χ2v) is 5.49. The summed E-state index contributed by atoms with van der Waals surface area (Å²) in [4.78, 5) is 11.6. The van der Waals surface area contributed by atoms with Gasteiger partial charge in [0.05, 0.1) is 13.0 Å². The van der Waals surface area contributed by atoms with Crippen LogP contribution < -0.4 is 15.4 Å². The Bertz CT molecular complexity index is 416. The molecule has 1 aromatic rings. The molecule has 2 N–H and O–H groups in total. The van der Waals surface area contributed by atoms with Crippen LogP contribution >= 0.6 is 11.6 Å². The van der Waals surface area contributed by atoms with E-state index in [1.165, 1.54) is 6.42 Å². The number of halogens is 1. The van der Waals surface area contributed by atoms with Crippen molar-refractivity contribution in [3.8, 4) is 5.75 Å². The molecule has 1 aliphatic rings. The number of carbonyl (C=O) groups is 1.